The van der Waals surface area contributed by atoms with Crippen LogP contribution in [0.4, 0.5) is 0 Å². The number of likely N-dealkylation sites (N-methyl/N-ethyl adjacent to an activating group) is 1. The molecule has 2 aromatic carbocycles. The van der Waals surface area contributed by atoms with E-state index in [0.29, 0.717) is 0 Å². The summed E-state index contributed by atoms with van der Waals surface area (Å²) in [7, 11) is 4.13. The molecule has 0 unspecified atom stereocenters. The summed E-state index contributed by atoms with van der Waals surface area (Å²) >= 11 is 0. The molecule has 0 fully saturated rings. The van der Waals surface area contributed by atoms with Gasteiger partial charge in [0, 0.05) is 30.8 Å². The highest BCUT2D eigenvalue weighted by molar-refractivity contribution is 6.47. The molecule has 34 heavy (non-hydrogen) atoms. The number of imide groups is 1. The van der Waals surface area contributed by atoms with Crippen LogP contribution in [-0.4, -0.2) is 52.8 Å². The molecule has 2 heterocycles. The van der Waals surface area contributed by atoms with Gasteiger partial charge in [0.25, 0.3) is 11.8 Å². The van der Waals surface area contributed by atoms with E-state index in [2.05, 4.69) is 0 Å². The first-order chi connectivity index (χ1) is 16.3. The average Bonchev–Trinajstić information content (AvgIpc) is 3.27. The van der Waals surface area contributed by atoms with Crippen LogP contribution in [0.1, 0.15) is 47.9 Å². The summed E-state index contributed by atoms with van der Waals surface area (Å²) in [5.41, 5.74) is -0.0680. The van der Waals surface area contributed by atoms with Gasteiger partial charge in [-0.25, -0.2) is 0 Å². The van der Waals surface area contributed by atoms with E-state index in [1.54, 1.807) is 36.4 Å². The number of aromatic nitrogens is 1. The zero-order chi connectivity index (χ0) is 24.3. The zero-order valence-electron chi connectivity index (χ0n) is 18.5. The minimum atomic E-state index is -0.788. The molecule has 0 atom stereocenters. The molecule has 0 bridgehead atoms. The Balaban J connectivity index is 1.86. The maximum atomic E-state index is 13.6. The number of Topliss-reactive ketones (excluding diaryl/α,β-unsaturated/α-hetero) is 1. The van der Waals surface area contributed by atoms with E-state index in [9.17, 15) is 24.0 Å². The number of benzene rings is 2. The highest BCUT2D eigenvalue weighted by Gasteiger charge is 2.46. The maximum absolute atomic E-state index is 13.6. The molecule has 0 N–H and O–H groups in total. The number of amides is 2. The summed E-state index contributed by atoms with van der Waals surface area (Å²) in [5, 5.41) is 0. The zero-order valence-corrected chi connectivity index (χ0v) is 18.5. The quantitative estimate of drug-likeness (QED) is 0.267. The van der Waals surface area contributed by atoms with Crippen molar-refractivity contribution in [1.82, 2.24) is 9.47 Å². The third-order valence-corrected chi connectivity index (χ3v) is 6.19. The molecule has 168 valence electrons. The summed E-state index contributed by atoms with van der Waals surface area (Å²) in [6.45, 7) is 0. The van der Waals surface area contributed by atoms with Gasteiger partial charge in [0.15, 0.2) is 11.6 Å². The molecule has 0 saturated heterocycles. The van der Waals surface area contributed by atoms with Gasteiger partial charge in [0.2, 0.25) is 11.7 Å². The summed E-state index contributed by atoms with van der Waals surface area (Å²) < 4.78 is 6.90. The number of rotatable bonds is 4. The van der Waals surface area contributed by atoms with Crippen LogP contribution in [0.5, 0.6) is 5.88 Å². The minimum absolute atomic E-state index is 0.0318. The molecule has 2 amide bonds. The molecule has 3 aromatic rings. The Hall–Kier alpha value is -4.59. The number of methoxy groups -OCH3 is 1. The summed E-state index contributed by atoms with van der Waals surface area (Å²) in [5.74, 6) is -3.08. The number of nitrogens with zero attached hydrogens (tertiary/aromatic N) is 2. The standard InChI is InChI=1S/C26H18N2O6/c1-27-20-18(22(30)14-11-7-8-12-15(14)23(20)31)17(26(27)34-3)16-19(25(33)28(2)24(16)32)21(29)13-9-5-4-6-10-13/h4-12H,1-3H3. The molecule has 1 aliphatic heterocycles. The van der Waals surface area contributed by atoms with Crippen LogP contribution in [0.15, 0.2) is 60.2 Å². The third kappa shape index (κ3) is 2.68. The fraction of sp³-hybridized carbons (Fsp3) is 0.115. The predicted molar refractivity (Wildman–Crippen MR) is 121 cm³/mol. The molecule has 8 heteroatoms. The van der Waals surface area contributed by atoms with Crippen molar-refractivity contribution in [1.29, 1.82) is 0 Å². The maximum Gasteiger partial charge on any atom is 0.265 e. The Morgan fingerprint density at radius 3 is 1.97 bits per heavy atom. The average molecular weight is 454 g/mol. The highest BCUT2D eigenvalue weighted by Crippen LogP contribution is 2.43. The lowest BCUT2D eigenvalue weighted by Crippen LogP contribution is -2.28. The highest BCUT2D eigenvalue weighted by atomic mass is 16.5. The third-order valence-electron chi connectivity index (χ3n) is 6.19. The molecule has 1 aromatic heterocycles. The summed E-state index contributed by atoms with van der Waals surface area (Å²) in [6, 6.07) is 14.4. The van der Waals surface area contributed by atoms with Crippen LogP contribution in [0, 0.1) is 0 Å². The van der Waals surface area contributed by atoms with Crippen molar-refractivity contribution in [3.05, 3.63) is 93.7 Å². The van der Waals surface area contributed by atoms with E-state index >= 15 is 0 Å². The van der Waals surface area contributed by atoms with Crippen LogP contribution >= 0.6 is 0 Å². The number of ketones is 3. The SMILES string of the molecule is COc1c(C2=C(C(=O)c3ccccc3)C(=O)N(C)C2=O)c2c(n1C)C(=O)c1ccccc1C2=O. The second kappa shape index (κ2) is 7.48. The Morgan fingerprint density at radius 1 is 0.765 bits per heavy atom. The number of ether oxygens (including phenoxy) is 1. The van der Waals surface area contributed by atoms with E-state index in [0.717, 1.165) is 4.90 Å². The van der Waals surface area contributed by atoms with Crippen molar-refractivity contribution in [3.63, 3.8) is 0 Å². The van der Waals surface area contributed by atoms with Gasteiger partial charge in [-0.2, -0.15) is 0 Å². The van der Waals surface area contributed by atoms with E-state index < -0.39 is 29.2 Å². The van der Waals surface area contributed by atoms with Crippen LogP contribution in [-0.2, 0) is 16.6 Å². The van der Waals surface area contributed by atoms with Gasteiger partial charge in [0.05, 0.1) is 23.8 Å². The van der Waals surface area contributed by atoms with Crippen molar-refractivity contribution >= 4 is 34.7 Å². The Bertz CT molecular complexity index is 1490. The fourth-order valence-corrected chi connectivity index (χ4v) is 4.58. The van der Waals surface area contributed by atoms with Gasteiger partial charge in [-0.15, -0.1) is 0 Å². The lowest BCUT2D eigenvalue weighted by atomic mass is 9.84. The summed E-state index contributed by atoms with van der Waals surface area (Å²) in [6.07, 6.45) is 0. The van der Waals surface area contributed by atoms with E-state index in [4.69, 9.17) is 4.74 Å². The molecule has 0 spiro atoms. The molecule has 8 nitrogen and oxygen atoms in total. The Labute approximate surface area is 194 Å². The fourth-order valence-electron chi connectivity index (χ4n) is 4.58. The second-order valence-corrected chi connectivity index (χ2v) is 7.99. The van der Waals surface area contributed by atoms with Crippen LogP contribution in [0.3, 0.4) is 0 Å². The number of hydrogen-bond donors (Lipinski definition) is 0. The van der Waals surface area contributed by atoms with E-state index in [-0.39, 0.29) is 50.5 Å². The minimum Gasteiger partial charge on any atom is -0.482 e. The van der Waals surface area contributed by atoms with Crippen molar-refractivity contribution in [3.8, 4) is 5.88 Å². The first kappa shape index (κ1) is 21.3. The predicted octanol–water partition coefficient (Wildman–Crippen LogP) is 2.44. The van der Waals surface area contributed by atoms with Crippen molar-refractivity contribution in [2.75, 3.05) is 14.2 Å². The lowest BCUT2D eigenvalue weighted by molar-refractivity contribution is -0.135. The number of carbonyl (C=O) groups is 5. The van der Waals surface area contributed by atoms with Gasteiger partial charge >= 0.3 is 0 Å². The van der Waals surface area contributed by atoms with E-state index in [1.165, 1.54) is 44.0 Å². The second-order valence-electron chi connectivity index (χ2n) is 7.99. The van der Waals surface area contributed by atoms with Crippen LogP contribution in [0.2, 0.25) is 0 Å². The Kier molecular flexibility index (Phi) is 4.68. The topological polar surface area (TPSA) is 103 Å². The van der Waals surface area contributed by atoms with Crippen molar-refractivity contribution in [2.24, 2.45) is 7.05 Å². The van der Waals surface area contributed by atoms with E-state index in [1.807, 2.05) is 0 Å². The molecular formula is C26H18N2O6. The van der Waals surface area contributed by atoms with Gasteiger partial charge < -0.3 is 9.30 Å². The lowest BCUT2D eigenvalue weighted by Gasteiger charge is -2.16. The van der Waals surface area contributed by atoms with Gasteiger partial charge in [-0.1, -0.05) is 54.6 Å². The first-order valence-electron chi connectivity index (χ1n) is 10.4. The van der Waals surface area contributed by atoms with Gasteiger partial charge in [-0.3, -0.25) is 28.9 Å². The summed E-state index contributed by atoms with van der Waals surface area (Å²) in [4.78, 5) is 67.5. The van der Waals surface area contributed by atoms with Gasteiger partial charge in [0.1, 0.15) is 11.3 Å². The molecule has 0 radical (unpaired) electrons. The number of fused-ring (bicyclic) bond motifs is 2. The molecule has 1 aliphatic carbocycles. The van der Waals surface area contributed by atoms with Gasteiger partial charge in [-0.05, 0) is 0 Å². The molecular weight excluding hydrogens is 436 g/mol. The van der Waals surface area contributed by atoms with Crippen molar-refractivity contribution < 1.29 is 28.7 Å². The number of carbonyl (C=O) groups excluding carboxylic acids is 5. The van der Waals surface area contributed by atoms with Crippen LogP contribution in [0.25, 0.3) is 5.57 Å². The Morgan fingerprint density at radius 2 is 1.35 bits per heavy atom. The smallest absolute Gasteiger partial charge is 0.265 e. The molecule has 0 saturated carbocycles. The molecule has 5 rings (SSSR count). The number of hydrogen-bond acceptors (Lipinski definition) is 6. The normalized spacial score (nSPS) is 15.1. The largest absolute Gasteiger partial charge is 0.482 e. The monoisotopic (exact) mass is 454 g/mol. The van der Waals surface area contributed by atoms with Crippen LogP contribution < -0.4 is 4.74 Å². The molecule has 2 aliphatic rings. The van der Waals surface area contributed by atoms with Crippen molar-refractivity contribution in [2.45, 2.75) is 0 Å². The first-order valence-corrected chi connectivity index (χ1v) is 10.4.